The maximum atomic E-state index is 12.3. The molecule has 1 aromatic carbocycles. The van der Waals surface area contributed by atoms with E-state index in [9.17, 15) is 4.79 Å². The summed E-state index contributed by atoms with van der Waals surface area (Å²) in [7, 11) is 0. The molecule has 2 aromatic heterocycles. The standard InChI is InChI=1S/C21H25N3OS/c1-15-13-16-7-2-4-9-18(16)24(15)14-20(25)22-12-6-11-21-23-17-8-3-5-10-19(17)26-21/h2,4,7,9,13H,3,5-6,8,10-12,14H2,1H3,(H,22,25). The van der Waals surface area contributed by atoms with Crippen LogP contribution in [0.5, 0.6) is 0 Å². The maximum absolute atomic E-state index is 12.3. The third-order valence-corrected chi connectivity index (χ3v) is 6.32. The number of aryl methyl sites for hydroxylation is 4. The first-order valence-electron chi connectivity index (χ1n) is 9.50. The van der Waals surface area contributed by atoms with Gasteiger partial charge in [-0.05, 0) is 56.5 Å². The molecule has 1 aliphatic carbocycles. The van der Waals surface area contributed by atoms with Crippen LogP contribution in [0.1, 0.15) is 40.5 Å². The van der Waals surface area contributed by atoms with Crippen LogP contribution in [-0.4, -0.2) is 22.0 Å². The van der Waals surface area contributed by atoms with Gasteiger partial charge >= 0.3 is 0 Å². The van der Waals surface area contributed by atoms with Crippen LogP contribution in [0.15, 0.2) is 30.3 Å². The molecule has 0 aliphatic heterocycles. The Morgan fingerprint density at radius 3 is 3.00 bits per heavy atom. The number of aromatic nitrogens is 2. The fraction of sp³-hybridized carbons (Fsp3) is 0.429. The molecule has 26 heavy (non-hydrogen) atoms. The Labute approximate surface area is 158 Å². The van der Waals surface area contributed by atoms with Gasteiger partial charge < -0.3 is 9.88 Å². The minimum absolute atomic E-state index is 0.0767. The van der Waals surface area contributed by atoms with Gasteiger partial charge in [0.1, 0.15) is 6.54 Å². The number of para-hydroxylation sites is 1. The smallest absolute Gasteiger partial charge is 0.239 e. The highest BCUT2D eigenvalue weighted by Crippen LogP contribution is 2.27. The number of carbonyl (C=O) groups excluding carboxylic acids is 1. The molecule has 3 aromatic rings. The van der Waals surface area contributed by atoms with Crippen LogP contribution < -0.4 is 5.32 Å². The van der Waals surface area contributed by atoms with Crippen molar-refractivity contribution < 1.29 is 4.79 Å². The number of hydrogen-bond donors (Lipinski definition) is 1. The fourth-order valence-corrected chi connectivity index (χ4v) is 4.94. The second-order valence-corrected chi connectivity index (χ2v) is 8.24. The van der Waals surface area contributed by atoms with E-state index in [1.165, 1.54) is 40.2 Å². The van der Waals surface area contributed by atoms with Crippen molar-refractivity contribution in [1.29, 1.82) is 0 Å². The Balaban J connectivity index is 1.27. The highest BCUT2D eigenvalue weighted by molar-refractivity contribution is 7.11. The number of amides is 1. The Bertz CT molecular complexity index is 901. The quantitative estimate of drug-likeness (QED) is 0.669. The number of fused-ring (bicyclic) bond motifs is 2. The first-order chi connectivity index (χ1) is 12.7. The molecule has 0 unspecified atom stereocenters. The van der Waals surface area contributed by atoms with Crippen molar-refractivity contribution in [3.8, 4) is 0 Å². The summed E-state index contributed by atoms with van der Waals surface area (Å²) in [6.07, 6.45) is 6.84. The predicted molar refractivity (Wildman–Crippen MR) is 107 cm³/mol. The van der Waals surface area contributed by atoms with Gasteiger partial charge in [0.15, 0.2) is 0 Å². The van der Waals surface area contributed by atoms with Crippen LogP contribution in [0.2, 0.25) is 0 Å². The average Bonchev–Trinajstić information content (AvgIpc) is 3.19. The van der Waals surface area contributed by atoms with E-state index in [0.29, 0.717) is 13.1 Å². The van der Waals surface area contributed by atoms with Crippen LogP contribution >= 0.6 is 11.3 Å². The largest absolute Gasteiger partial charge is 0.355 e. The molecule has 0 saturated carbocycles. The van der Waals surface area contributed by atoms with Crippen molar-refractivity contribution in [1.82, 2.24) is 14.9 Å². The SMILES string of the molecule is Cc1cc2ccccc2n1CC(=O)NCCCc1nc2c(s1)CCCC2. The van der Waals surface area contributed by atoms with Crippen molar-refractivity contribution in [2.24, 2.45) is 0 Å². The Hall–Kier alpha value is -2.14. The Morgan fingerprint density at radius 1 is 1.27 bits per heavy atom. The molecular weight excluding hydrogens is 342 g/mol. The summed E-state index contributed by atoms with van der Waals surface area (Å²) in [6, 6.07) is 10.3. The molecule has 2 heterocycles. The zero-order valence-corrected chi connectivity index (χ0v) is 16.1. The highest BCUT2D eigenvalue weighted by Gasteiger charge is 2.15. The zero-order valence-electron chi connectivity index (χ0n) is 15.3. The first-order valence-corrected chi connectivity index (χ1v) is 10.3. The summed E-state index contributed by atoms with van der Waals surface area (Å²) in [5.74, 6) is 0.0767. The first kappa shape index (κ1) is 17.3. The number of rotatable bonds is 6. The minimum Gasteiger partial charge on any atom is -0.355 e. The third kappa shape index (κ3) is 3.68. The molecule has 1 N–H and O–H groups in total. The van der Waals surface area contributed by atoms with Gasteiger partial charge in [-0.2, -0.15) is 0 Å². The van der Waals surface area contributed by atoms with Gasteiger partial charge in [0, 0.05) is 29.1 Å². The molecule has 5 heteroatoms. The lowest BCUT2D eigenvalue weighted by molar-refractivity contribution is -0.121. The molecular formula is C21H25N3OS. The second-order valence-electron chi connectivity index (χ2n) is 7.07. The van der Waals surface area contributed by atoms with Crippen LogP contribution in [-0.2, 0) is 30.6 Å². The zero-order chi connectivity index (χ0) is 17.9. The normalized spacial score (nSPS) is 13.7. The number of hydrogen-bond acceptors (Lipinski definition) is 3. The van der Waals surface area contributed by atoms with E-state index < -0.39 is 0 Å². The molecule has 0 radical (unpaired) electrons. The van der Waals surface area contributed by atoms with E-state index in [-0.39, 0.29) is 5.91 Å². The molecule has 0 fully saturated rings. The lowest BCUT2D eigenvalue weighted by Crippen LogP contribution is -2.28. The lowest BCUT2D eigenvalue weighted by Gasteiger charge is -2.09. The number of nitrogens with one attached hydrogen (secondary N) is 1. The lowest BCUT2D eigenvalue weighted by atomic mass is 10.0. The van der Waals surface area contributed by atoms with Crippen LogP contribution in [0.4, 0.5) is 0 Å². The highest BCUT2D eigenvalue weighted by atomic mass is 32.1. The molecule has 4 rings (SSSR count). The van der Waals surface area contributed by atoms with Gasteiger partial charge in [-0.25, -0.2) is 4.98 Å². The predicted octanol–water partition coefficient (Wildman–Crippen LogP) is 4.03. The van der Waals surface area contributed by atoms with Gasteiger partial charge in [-0.1, -0.05) is 18.2 Å². The molecule has 0 saturated heterocycles. The van der Waals surface area contributed by atoms with Gasteiger partial charge in [-0.3, -0.25) is 4.79 Å². The Morgan fingerprint density at radius 2 is 2.12 bits per heavy atom. The van der Waals surface area contributed by atoms with E-state index in [0.717, 1.165) is 30.5 Å². The van der Waals surface area contributed by atoms with Gasteiger partial charge in [0.05, 0.1) is 10.7 Å². The molecule has 0 atom stereocenters. The van der Waals surface area contributed by atoms with Gasteiger partial charge in [0.25, 0.3) is 0 Å². The topological polar surface area (TPSA) is 46.9 Å². The van der Waals surface area contributed by atoms with Gasteiger partial charge in [-0.15, -0.1) is 11.3 Å². The van der Waals surface area contributed by atoms with E-state index in [1.54, 1.807) is 0 Å². The average molecular weight is 368 g/mol. The maximum Gasteiger partial charge on any atom is 0.239 e. The summed E-state index contributed by atoms with van der Waals surface area (Å²) < 4.78 is 2.08. The number of carbonyl (C=O) groups is 1. The Kier molecular flexibility index (Phi) is 5.07. The molecule has 0 spiro atoms. The van der Waals surface area contributed by atoms with Crippen molar-refractivity contribution in [3.63, 3.8) is 0 Å². The van der Waals surface area contributed by atoms with Crippen molar-refractivity contribution in [2.45, 2.75) is 52.0 Å². The summed E-state index contributed by atoms with van der Waals surface area (Å²) in [5.41, 5.74) is 3.57. The van der Waals surface area contributed by atoms with Gasteiger partial charge in [0.2, 0.25) is 5.91 Å². The molecule has 136 valence electrons. The number of nitrogens with zero attached hydrogens (tertiary/aromatic N) is 2. The summed E-state index contributed by atoms with van der Waals surface area (Å²) in [4.78, 5) is 18.6. The monoisotopic (exact) mass is 367 g/mol. The van der Waals surface area contributed by atoms with E-state index in [2.05, 4.69) is 35.0 Å². The summed E-state index contributed by atoms with van der Waals surface area (Å²) >= 11 is 1.87. The second kappa shape index (κ2) is 7.62. The van der Waals surface area contributed by atoms with Crippen LogP contribution in [0, 0.1) is 6.92 Å². The van der Waals surface area contributed by atoms with E-state index in [1.807, 2.05) is 23.5 Å². The van der Waals surface area contributed by atoms with Crippen LogP contribution in [0.25, 0.3) is 10.9 Å². The molecule has 1 aliphatic rings. The third-order valence-electron chi connectivity index (χ3n) is 5.10. The molecule has 1 amide bonds. The number of benzene rings is 1. The molecule has 4 nitrogen and oxygen atoms in total. The molecule has 0 bridgehead atoms. The van der Waals surface area contributed by atoms with Crippen molar-refractivity contribution in [3.05, 3.63) is 51.6 Å². The summed E-state index contributed by atoms with van der Waals surface area (Å²) in [6.45, 7) is 3.14. The van der Waals surface area contributed by atoms with E-state index >= 15 is 0 Å². The van der Waals surface area contributed by atoms with Crippen molar-refractivity contribution >= 4 is 28.1 Å². The fourth-order valence-electron chi connectivity index (χ4n) is 3.74. The number of thiazole rings is 1. The van der Waals surface area contributed by atoms with Crippen LogP contribution in [0.3, 0.4) is 0 Å². The summed E-state index contributed by atoms with van der Waals surface area (Å²) in [5, 5.41) is 5.48. The van der Waals surface area contributed by atoms with E-state index in [4.69, 9.17) is 4.98 Å². The minimum atomic E-state index is 0.0767. The van der Waals surface area contributed by atoms with Crippen molar-refractivity contribution in [2.75, 3.05) is 6.54 Å².